The van der Waals surface area contributed by atoms with Crippen LogP contribution in [0.5, 0.6) is 17.2 Å². The highest BCUT2D eigenvalue weighted by molar-refractivity contribution is 5.56. The van der Waals surface area contributed by atoms with Gasteiger partial charge in [0.1, 0.15) is 13.2 Å². The number of benzene rings is 1. The smallest absolute Gasteiger partial charge is 0.203 e. The van der Waals surface area contributed by atoms with Gasteiger partial charge in [0.15, 0.2) is 11.5 Å². The molecule has 1 fully saturated rings. The summed E-state index contributed by atoms with van der Waals surface area (Å²) in [6.07, 6.45) is 3.48. The molecule has 0 amide bonds. The molecule has 2 heterocycles. The van der Waals surface area contributed by atoms with Crippen LogP contribution in [0.25, 0.3) is 0 Å². The van der Waals surface area contributed by atoms with Gasteiger partial charge in [-0.3, -0.25) is 0 Å². The molecule has 0 spiro atoms. The predicted molar refractivity (Wildman–Crippen MR) is 68.7 cm³/mol. The zero-order chi connectivity index (χ0) is 12.4. The standard InChI is InChI=1S/C14H19NO3/c1-16-13-10(9-11-3-2-6-15-11)4-5-12-14(13)18-8-7-17-12/h4-5,11,15H,2-3,6-9H2,1H3. The topological polar surface area (TPSA) is 39.7 Å². The van der Waals surface area contributed by atoms with E-state index in [2.05, 4.69) is 11.4 Å². The Hall–Kier alpha value is -1.42. The summed E-state index contributed by atoms with van der Waals surface area (Å²) in [5, 5.41) is 3.51. The van der Waals surface area contributed by atoms with Gasteiger partial charge in [-0.15, -0.1) is 0 Å². The minimum atomic E-state index is 0.557. The molecular formula is C14H19NO3. The molecular weight excluding hydrogens is 230 g/mol. The van der Waals surface area contributed by atoms with Crippen molar-refractivity contribution in [2.75, 3.05) is 26.9 Å². The van der Waals surface area contributed by atoms with E-state index >= 15 is 0 Å². The monoisotopic (exact) mass is 249 g/mol. The molecule has 1 N–H and O–H groups in total. The first-order valence-electron chi connectivity index (χ1n) is 6.57. The van der Waals surface area contributed by atoms with Crippen molar-refractivity contribution in [3.05, 3.63) is 17.7 Å². The van der Waals surface area contributed by atoms with Crippen LogP contribution in [-0.2, 0) is 6.42 Å². The normalized spacial score (nSPS) is 21.9. The van der Waals surface area contributed by atoms with Crippen molar-refractivity contribution >= 4 is 0 Å². The maximum absolute atomic E-state index is 5.68. The van der Waals surface area contributed by atoms with Crippen molar-refractivity contribution in [1.82, 2.24) is 5.32 Å². The molecule has 1 atom stereocenters. The quantitative estimate of drug-likeness (QED) is 0.886. The Kier molecular flexibility index (Phi) is 3.28. The minimum absolute atomic E-state index is 0.557. The van der Waals surface area contributed by atoms with Crippen LogP contribution in [0.15, 0.2) is 12.1 Å². The summed E-state index contributed by atoms with van der Waals surface area (Å²) in [5.74, 6) is 2.39. The second-order valence-electron chi connectivity index (χ2n) is 4.78. The fourth-order valence-corrected chi connectivity index (χ4v) is 2.71. The molecule has 1 aromatic carbocycles. The molecule has 1 aromatic rings. The Morgan fingerprint density at radius 1 is 1.33 bits per heavy atom. The molecule has 2 aliphatic rings. The molecule has 4 nitrogen and oxygen atoms in total. The molecule has 4 heteroatoms. The zero-order valence-electron chi connectivity index (χ0n) is 10.7. The zero-order valence-corrected chi connectivity index (χ0v) is 10.7. The van der Waals surface area contributed by atoms with Crippen molar-refractivity contribution in [1.29, 1.82) is 0 Å². The van der Waals surface area contributed by atoms with Crippen LogP contribution < -0.4 is 19.5 Å². The van der Waals surface area contributed by atoms with Gasteiger partial charge in [0, 0.05) is 6.04 Å². The molecule has 0 aromatic heterocycles. The maximum atomic E-state index is 5.68. The lowest BCUT2D eigenvalue weighted by atomic mass is 10.0. The molecule has 0 radical (unpaired) electrons. The molecule has 3 rings (SSSR count). The third-order valence-electron chi connectivity index (χ3n) is 3.58. The lowest BCUT2D eigenvalue weighted by molar-refractivity contribution is 0.164. The van der Waals surface area contributed by atoms with Gasteiger partial charge >= 0.3 is 0 Å². The molecule has 18 heavy (non-hydrogen) atoms. The molecule has 98 valence electrons. The van der Waals surface area contributed by atoms with Crippen molar-refractivity contribution in [2.45, 2.75) is 25.3 Å². The predicted octanol–water partition coefficient (Wildman–Crippen LogP) is 1.76. The average molecular weight is 249 g/mol. The van der Waals surface area contributed by atoms with Gasteiger partial charge in [-0.2, -0.15) is 0 Å². The van der Waals surface area contributed by atoms with Crippen molar-refractivity contribution in [2.24, 2.45) is 0 Å². The van der Waals surface area contributed by atoms with E-state index in [-0.39, 0.29) is 0 Å². The second kappa shape index (κ2) is 5.06. The van der Waals surface area contributed by atoms with Crippen LogP contribution in [0.2, 0.25) is 0 Å². The Labute approximate surface area is 107 Å². The second-order valence-corrected chi connectivity index (χ2v) is 4.78. The number of nitrogens with one attached hydrogen (secondary N) is 1. The van der Waals surface area contributed by atoms with E-state index in [1.165, 1.54) is 18.4 Å². The van der Waals surface area contributed by atoms with Crippen molar-refractivity contribution in [3.8, 4) is 17.2 Å². The first-order chi connectivity index (χ1) is 8.88. The van der Waals surface area contributed by atoms with Crippen LogP contribution in [0.4, 0.5) is 0 Å². The van der Waals surface area contributed by atoms with Crippen LogP contribution in [0.1, 0.15) is 18.4 Å². The van der Waals surface area contributed by atoms with E-state index in [1.807, 2.05) is 6.07 Å². The van der Waals surface area contributed by atoms with E-state index in [4.69, 9.17) is 14.2 Å². The number of rotatable bonds is 3. The van der Waals surface area contributed by atoms with E-state index in [9.17, 15) is 0 Å². The number of hydrogen-bond acceptors (Lipinski definition) is 4. The Bertz CT molecular complexity index is 427. The largest absolute Gasteiger partial charge is 0.492 e. The Balaban J connectivity index is 1.88. The van der Waals surface area contributed by atoms with Crippen LogP contribution in [0, 0.1) is 0 Å². The summed E-state index contributed by atoms with van der Waals surface area (Å²) in [5.41, 5.74) is 1.20. The summed E-state index contributed by atoms with van der Waals surface area (Å²) in [7, 11) is 1.69. The number of ether oxygens (including phenoxy) is 3. The lowest BCUT2D eigenvalue weighted by Gasteiger charge is -2.23. The van der Waals surface area contributed by atoms with Gasteiger partial charge in [-0.25, -0.2) is 0 Å². The number of methoxy groups -OCH3 is 1. The maximum Gasteiger partial charge on any atom is 0.203 e. The highest BCUT2D eigenvalue weighted by Gasteiger charge is 2.23. The number of hydrogen-bond donors (Lipinski definition) is 1. The molecule has 0 aliphatic carbocycles. The van der Waals surface area contributed by atoms with E-state index < -0.39 is 0 Å². The van der Waals surface area contributed by atoms with Gasteiger partial charge in [-0.05, 0) is 37.4 Å². The molecule has 0 saturated carbocycles. The van der Waals surface area contributed by atoms with Gasteiger partial charge in [-0.1, -0.05) is 6.07 Å². The highest BCUT2D eigenvalue weighted by Crippen LogP contribution is 2.42. The third-order valence-corrected chi connectivity index (χ3v) is 3.58. The Morgan fingerprint density at radius 3 is 3.00 bits per heavy atom. The third kappa shape index (κ3) is 2.12. The first-order valence-corrected chi connectivity index (χ1v) is 6.57. The first kappa shape index (κ1) is 11.7. The van der Waals surface area contributed by atoms with Gasteiger partial charge in [0.25, 0.3) is 0 Å². The van der Waals surface area contributed by atoms with Gasteiger partial charge in [0.2, 0.25) is 5.75 Å². The summed E-state index contributed by atoms with van der Waals surface area (Å²) in [4.78, 5) is 0. The van der Waals surface area contributed by atoms with E-state index in [1.54, 1.807) is 7.11 Å². The van der Waals surface area contributed by atoms with Crippen LogP contribution in [0.3, 0.4) is 0 Å². The van der Waals surface area contributed by atoms with Crippen LogP contribution in [-0.4, -0.2) is 32.9 Å². The van der Waals surface area contributed by atoms with Crippen LogP contribution >= 0.6 is 0 Å². The molecule has 1 saturated heterocycles. The van der Waals surface area contributed by atoms with E-state index in [0.717, 1.165) is 30.2 Å². The summed E-state index contributed by atoms with van der Waals surface area (Å²) in [6.45, 7) is 2.33. The summed E-state index contributed by atoms with van der Waals surface area (Å²) >= 11 is 0. The number of fused-ring (bicyclic) bond motifs is 1. The van der Waals surface area contributed by atoms with Gasteiger partial charge in [0.05, 0.1) is 7.11 Å². The summed E-state index contributed by atoms with van der Waals surface area (Å²) < 4.78 is 16.8. The average Bonchev–Trinajstić information content (AvgIpc) is 2.91. The summed E-state index contributed by atoms with van der Waals surface area (Å²) in [6, 6.07) is 4.63. The van der Waals surface area contributed by atoms with Gasteiger partial charge < -0.3 is 19.5 Å². The van der Waals surface area contributed by atoms with Crippen molar-refractivity contribution < 1.29 is 14.2 Å². The fraction of sp³-hybridized carbons (Fsp3) is 0.571. The Morgan fingerprint density at radius 2 is 2.22 bits per heavy atom. The molecule has 1 unspecified atom stereocenters. The van der Waals surface area contributed by atoms with E-state index in [0.29, 0.717) is 19.3 Å². The minimum Gasteiger partial charge on any atom is -0.492 e. The highest BCUT2D eigenvalue weighted by atomic mass is 16.6. The van der Waals surface area contributed by atoms with Crippen molar-refractivity contribution in [3.63, 3.8) is 0 Å². The SMILES string of the molecule is COc1c(CC2CCCN2)ccc2c1OCCO2. The fourth-order valence-electron chi connectivity index (χ4n) is 2.71. The lowest BCUT2D eigenvalue weighted by Crippen LogP contribution is -2.24. The molecule has 0 bridgehead atoms. The molecule has 2 aliphatic heterocycles.